The summed E-state index contributed by atoms with van der Waals surface area (Å²) >= 11 is 7.34. The number of nitrogens with one attached hydrogen (secondary N) is 1. The number of carbonyl (C=O) groups excluding carboxylic acids is 1. The molecule has 28 heavy (non-hydrogen) atoms. The topological polar surface area (TPSA) is 73.1 Å². The molecule has 3 rings (SSSR count). The highest BCUT2D eigenvalue weighted by Crippen LogP contribution is 2.29. The maximum atomic E-state index is 12.3. The van der Waals surface area contributed by atoms with E-state index in [1.54, 1.807) is 24.3 Å². The molecule has 0 unspecified atom stereocenters. The van der Waals surface area contributed by atoms with E-state index in [-0.39, 0.29) is 0 Å². The van der Waals surface area contributed by atoms with Gasteiger partial charge in [-0.2, -0.15) is 5.10 Å². The lowest BCUT2D eigenvalue weighted by Crippen LogP contribution is -2.17. The molecule has 0 atom stereocenters. The molecule has 2 aromatic carbocycles. The lowest BCUT2D eigenvalue weighted by atomic mass is 10.2. The largest absolute Gasteiger partial charge is 0.497 e. The Hall–Kier alpha value is -2.90. The van der Waals surface area contributed by atoms with Crippen LogP contribution < -0.4 is 14.9 Å². The first-order chi connectivity index (χ1) is 13.6. The average molecular weight is 417 g/mol. The second-order valence-electron chi connectivity index (χ2n) is 5.51. The van der Waals surface area contributed by atoms with Crippen LogP contribution in [0.4, 0.5) is 0 Å². The summed E-state index contributed by atoms with van der Waals surface area (Å²) in [6.45, 7) is 0. The van der Waals surface area contributed by atoms with Gasteiger partial charge in [0.25, 0.3) is 5.91 Å². The van der Waals surface area contributed by atoms with Crippen molar-refractivity contribution in [1.82, 2.24) is 5.43 Å². The SMILES string of the molecule is COc1cc(OC)cc(C(=O)NN=Cc2ccc(Sc3ccc(Cl)cc3)o2)c1. The number of hydrogen-bond acceptors (Lipinski definition) is 6. The van der Waals surface area contributed by atoms with E-state index in [1.807, 2.05) is 30.3 Å². The second kappa shape index (κ2) is 9.34. The Morgan fingerprint density at radius 1 is 1.07 bits per heavy atom. The van der Waals surface area contributed by atoms with Gasteiger partial charge in [-0.1, -0.05) is 23.4 Å². The van der Waals surface area contributed by atoms with Gasteiger partial charge in [-0.15, -0.1) is 0 Å². The minimum Gasteiger partial charge on any atom is -0.497 e. The monoisotopic (exact) mass is 416 g/mol. The van der Waals surface area contributed by atoms with Crippen molar-refractivity contribution in [3.8, 4) is 11.5 Å². The fourth-order valence-electron chi connectivity index (χ4n) is 2.24. The summed E-state index contributed by atoms with van der Waals surface area (Å²) in [4.78, 5) is 13.3. The summed E-state index contributed by atoms with van der Waals surface area (Å²) < 4.78 is 16.0. The van der Waals surface area contributed by atoms with Crippen LogP contribution in [0.2, 0.25) is 5.02 Å². The molecule has 1 N–H and O–H groups in total. The molecule has 1 heterocycles. The normalized spacial score (nSPS) is 10.8. The molecule has 0 spiro atoms. The minimum atomic E-state index is -0.393. The molecular formula is C20H17ClN2O4S. The van der Waals surface area contributed by atoms with Gasteiger partial charge >= 0.3 is 0 Å². The Bertz CT molecular complexity index is 964. The zero-order chi connectivity index (χ0) is 19.9. The van der Waals surface area contributed by atoms with Crippen LogP contribution in [0.5, 0.6) is 11.5 Å². The van der Waals surface area contributed by atoms with Crippen molar-refractivity contribution in [2.24, 2.45) is 5.10 Å². The number of rotatable bonds is 7. The van der Waals surface area contributed by atoms with Crippen LogP contribution in [0.25, 0.3) is 0 Å². The summed E-state index contributed by atoms with van der Waals surface area (Å²) in [5.41, 5.74) is 2.82. The van der Waals surface area contributed by atoms with Crippen molar-refractivity contribution in [3.63, 3.8) is 0 Å². The van der Waals surface area contributed by atoms with Crippen molar-refractivity contribution in [2.75, 3.05) is 14.2 Å². The van der Waals surface area contributed by atoms with Crippen LogP contribution >= 0.6 is 23.4 Å². The van der Waals surface area contributed by atoms with E-state index in [9.17, 15) is 4.79 Å². The Morgan fingerprint density at radius 3 is 2.39 bits per heavy atom. The molecule has 8 heteroatoms. The van der Waals surface area contributed by atoms with Crippen LogP contribution in [0, 0.1) is 0 Å². The molecule has 0 bridgehead atoms. The van der Waals surface area contributed by atoms with Gasteiger partial charge in [-0.05, 0) is 48.5 Å². The van der Waals surface area contributed by atoms with Crippen LogP contribution in [0.3, 0.4) is 0 Å². The van der Waals surface area contributed by atoms with Crippen LogP contribution in [-0.2, 0) is 0 Å². The maximum Gasteiger partial charge on any atom is 0.271 e. The first kappa shape index (κ1) is 19.9. The van der Waals surface area contributed by atoms with Crippen LogP contribution in [0.1, 0.15) is 16.1 Å². The van der Waals surface area contributed by atoms with Gasteiger partial charge in [0.15, 0.2) is 5.09 Å². The van der Waals surface area contributed by atoms with E-state index in [1.165, 1.54) is 32.2 Å². The van der Waals surface area contributed by atoms with Crippen molar-refractivity contribution in [1.29, 1.82) is 0 Å². The van der Waals surface area contributed by atoms with Gasteiger partial charge in [0.05, 0.1) is 20.4 Å². The number of amides is 1. The van der Waals surface area contributed by atoms with Crippen LogP contribution in [0.15, 0.2) is 74.1 Å². The fraction of sp³-hybridized carbons (Fsp3) is 0.100. The van der Waals surface area contributed by atoms with Gasteiger partial charge < -0.3 is 13.9 Å². The zero-order valence-electron chi connectivity index (χ0n) is 15.1. The highest BCUT2D eigenvalue weighted by molar-refractivity contribution is 7.99. The van der Waals surface area contributed by atoms with Crippen molar-refractivity contribution in [2.45, 2.75) is 9.99 Å². The van der Waals surface area contributed by atoms with E-state index < -0.39 is 5.91 Å². The van der Waals surface area contributed by atoms with Gasteiger partial charge in [0.1, 0.15) is 17.3 Å². The smallest absolute Gasteiger partial charge is 0.271 e. The molecule has 0 aliphatic heterocycles. The van der Waals surface area contributed by atoms with Gasteiger partial charge in [0, 0.05) is 21.5 Å². The van der Waals surface area contributed by atoms with Crippen molar-refractivity contribution in [3.05, 3.63) is 70.9 Å². The molecule has 3 aromatic rings. The third kappa shape index (κ3) is 5.31. The molecule has 0 saturated carbocycles. The minimum absolute atomic E-state index is 0.367. The van der Waals surface area contributed by atoms with Crippen molar-refractivity contribution >= 4 is 35.5 Å². The molecular weight excluding hydrogens is 400 g/mol. The first-order valence-electron chi connectivity index (χ1n) is 8.17. The van der Waals surface area contributed by atoms with E-state index in [0.29, 0.717) is 32.9 Å². The molecule has 0 aliphatic carbocycles. The number of methoxy groups -OCH3 is 2. The van der Waals surface area contributed by atoms with Gasteiger partial charge in [0.2, 0.25) is 0 Å². The zero-order valence-corrected chi connectivity index (χ0v) is 16.7. The number of furan rings is 1. The van der Waals surface area contributed by atoms with Crippen LogP contribution in [-0.4, -0.2) is 26.3 Å². The lowest BCUT2D eigenvalue weighted by molar-refractivity contribution is 0.0954. The quantitative estimate of drug-likeness (QED) is 0.439. The Kier molecular flexibility index (Phi) is 6.62. The number of hydrazone groups is 1. The third-order valence-electron chi connectivity index (χ3n) is 3.61. The number of ether oxygens (including phenoxy) is 2. The predicted octanol–water partition coefficient (Wildman–Crippen LogP) is 4.87. The predicted molar refractivity (Wildman–Crippen MR) is 109 cm³/mol. The molecule has 6 nitrogen and oxygen atoms in total. The van der Waals surface area contributed by atoms with E-state index >= 15 is 0 Å². The highest BCUT2D eigenvalue weighted by Gasteiger charge is 2.09. The van der Waals surface area contributed by atoms with Gasteiger partial charge in [-0.25, -0.2) is 5.43 Å². The summed E-state index contributed by atoms with van der Waals surface area (Å²) in [6.07, 6.45) is 1.43. The number of nitrogens with zero attached hydrogens (tertiary/aromatic N) is 1. The molecule has 1 aromatic heterocycles. The number of carbonyl (C=O) groups is 1. The summed E-state index contributed by atoms with van der Waals surface area (Å²) in [5, 5.41) is 5.32. The Morgan fingerprint density at radius 2 is 1.75 bits per heavy atom. The lowest BCUT2D eigenvalue weighted by Gasteiger charge is -2.07. The highest BCUT2D eigenvalue weighted by atomic mass is 35.5. The second-order valence-corrected chi connectivity index (χ2v) is 7.03. The van der Waals surface area contributed by atoms with Crippen molar-refractivity contribution < 1.29 is 18.7 Å². The summed E-state index contributed by atoms with van der Waals surface area (Å²) in [7, 11) is 3.04. The molecule has 1 amide bonds. The third-order valence-corrected chi connectivity index (χ3v) is 4.79. The summed E-state index contributed by atoms with van der Waals surface area (Å²) in [6, 6.07) is 15.9. The molecule has 0 radical (unpaired) electrons. The summed E-state index contributed by atoms with van der Waals surface area (Å²) in [5.74, 6) is 1.16. The molecule has 0 saturated heterocycles. The standard InChI is InChI=1S/C20H17ClN2O4S/c1-25-16-9-13(10-17(11-16)26-2)20(24)23-22-12-15-5-8-19(27-15)28-18-6-3-14(21)4-7-18/h3-12H,1-2H3,(H,23,24). The van der Waals surface area contributed by atoms with Gasteiger partial charge in [-0.3, -0.25) is 4.79 Å². The number of halogens is 1. The number of hydrogen-bond donors (Lipinski definition) is 1. The van der Waals surface area contributed by atoms with E-state index in [0.717, 1.165) is 4.90 Å². The molecule has 144 valence electrons. The molecule has 0 fully saturated rings. The van der Waals surface area contributed by atoms with E-state index in [2.05, 4.69) is 10.5 Å². The Labute approximate surface area is 171 Å². The first-order valence-corrected chi connectivity index (χ1v) is 9.36. The average Bonchev–Trinajstić information content (AvgIpc) is 3.16. The molecule has 0 aliphatic rings. The number of benzene rings is 2. The Balaban J connectivity index is 1.61. The maximum absolute atomic E-state index is 12.3. The van der Waals surface area contributed by atoms with E-state index in [4.69, 9.17) is 25.5 Å². The fourth-order valence-corrected chi connectivity index (χ4v) is 3.14.